The topological polar surface area (TPSA) is 50.2 Å². The zero-order chi connectivity index (χ0) is 19.5. The normalized spacial score (nSPS) is 18.3. The maximum Gasteiger partial charge on any atom is 0.261 e. The van der Waals surface area contributed by atoms with Crippen molar-refractivity contribution >= 4 is 27.3 Å². The Morgan fingerprint density at radius 1 is 1.25 bits per heavy atom. The van der Waals surface area contributed by atoms with Gasteiger partial charge in [0.2, 0.25) is 0 Å². The molecule has 6 heteroatoms. The minimum absolute atomic E-state index is 0.0306. The van der Waals surface area contributed by atoms with E-state index in [1.54, 1.807) is 18.4 Å². The molecule has 3 heterocycles. The van der Waals surface area contributed by atoms with Gasteiger partial charge in [-0.1, -0.05) is 31.0 Å². The van der Waals surface area contributed by atoms with Crippen LogP contribution >= 0.6 is 11.3 Å². The largest absolute Gasteiger partial charge is 0.354 e. The number of rotatable bonds is 5. The molecule has 148 valence electrons. The lowest BCUT2D eigenvalue weighted by Gasteiger charge is -2.30. The van der Waals surface area contributed by atoms with Crippen LogP contribution in [0.4, 0.5) is 0 Å². The molecule has 3 aromatic rings. The maximum absolute atomic E-state index is 12.6. The highest BCUT2D eigenvalue weighted by Crippen LogP contribution is 2.34. The van der Waals surface area contributed by atoms with Crippen LogP contribution < -0.4 is 5.32 Å². The molecule has 0 radical (unpaired) electrons. The van der Waals surface area contributed by atoms with Gasteiger partial charge in [0.15, 0.2) is 0 Å². The molecule has 0 aliphatic carbocycles. The summed E-state index contributed by atoms with van der Waals surface area (Å²) in [5.41, 5.74) is 2.45. The number of nitrogens with zero attached hydrogens (tertiary/aromatic N) is 3. The van der Waals surface area contributed by atoms with Crippen molar-refractivity contribution in [2.75, 3.05) is 13.6 Å². The van der Waals surface area contributed by atoms with E-state index in [1.807, 2.05) is 17.9 Å². The van der Waals surface area contributed by atoms with E-state index >= 15 is 0 Å². The third kappa shape index (κ3) is 3.84. The van der Waals surface area contributed by atoms with Crippen LogP contribution in [-0.4, -0.2) is 40.2 Å². The van der Waals surface area contributed by atoms with E-state index in [2.05, 4.69) is 45.6 Å². The lowest BCUT2D eigenvalue weighted by atomic mass is 9.98. The van der Waals surface area contributed by atoms with Crippen LogP contribution in [0.5, 0.6) is 0 Å². The van der Waals surface area contributed by atoms with E-state index in [0.717, 1.165) is 24.4 Å². The fourth-order valence-electron chi connectivity index (χ4n) is 4.27. The number of likely N-dealkylation sites (tertiary alicyclic amines) is 1. The van der Waals surface area contributed by atoms with Crippen LogP contribution in [0, 0.1) is 0 Å². The summed E-state index contributed by atoms with van der Waals surface area (Å²) >= 11 is 1.61. The van der Waals surface area contributed by atoms with Gasteiger partial charge >= 0.3 is 0 Å². The zero-order valence-corrected chi connectivity index (χ0v) is 17.5. The second-order valence-corrected chi connectivity index (χ2v) is 8.66. The van der Waals surface area contributed by atoms with Gasteiger partial charge < -0.3 is 5.32 Å². The lowest BCUT2D eigenvalue weighted by Crippen LogP contribution is -2.37. The summed E-state index contributed by atoms with van der Waals surface area (Å²) in [6.45, 7) is 2.02. The molecule has 1 saturated heterocycles. The van der Waals surface area contributed by atoms with Crippen molar-refractivity contribution in [2.24, 2.45) is 7.05 Å². The summed E-state index contributed by atoms with van der Waals surface area (Å²) < 4.78 is 3.17. The Morgan fingerprint density at radius 3 is 2.89 bits per heavy atom. The monoisotopic (exact) mass is 396 g/mol. The van der Waals surface area contributed by atoms with Crippen molar-refractivity contribution in [1.82, 2.24) is 20.0 Å². The number of amides is 1. The maximum atomic E-state index is 12.6. The van der Waals surface area contributed by atoms with Gasteiger partial charge in [-0.25, -0.2) is 0 Å². The van der Waals surface area contributed by atoms with Crippen LogP contribution in [-0.2, 0) is 20.0 Å². The molecule has 1 N–H and O–H groups in total. The van der Waals surface area contributed by atoms with Gasteiger partial charge in [-0.15, -0.1) is 11.3 Å². The molecule has 4 rings (SSSR count). The molecule has 1 aliphatic rings. The first kappa shape index (κ1) is 19.2. The highest BCUT2D eigenvalue weighted by atomic mass is 32.1. The summed E-state index contributed by atoms with van der Waals surface area (Å²) in [7, 11) is 3.73. The zero-order valence-electron chi connectivity index (χ0n) is 16.6. The Hall–Kier alpha value is -2.18. The van der Waals surface area contributed by atoms with Crippen molar-refractivity contribution in [3.8, 4) is 0 Å². The Kier molecular flexibility index (Phi) is 5.78. The molecule has 0 unspecified atom stereocenters. The molecule has 1 aromatic carbocycles. The standard InChI is InChI=1S/C22H28N4OS/c1-23-22(27)21-19(18-9-5-6-10-20(18)28-21)14-16-8-4-3-7-13-26(16)15-17-11-12-24-25(17)2/h5-6,9-12,16H,3-4,7-8,13-15H2,1-2H3,(H,23,27)/t16-/m0/s1. The van der Waals surface area contributed by atoms with Crippen LogP contribution in [0.2, 0.25) is 0 Å². The lowest BCUT2D eigenvalue weighted by molar-refractivity contribution is 0.0965. The molecule has 1 amide bonds. The number of nitrogens with one attached hydrogen (secondary N) is 1. The van der Waals surface area contributed by atoms with Gasteiger partial charge in [0.05, 0.1) is 10.6 Å². The quantitative estimate of drug-likeness (QED) is 0.710. The Morgan fingerprint density at radius 2 is 2.11 bits per heavy atom. The minimum Gasteiger partial charge on any atom is -0.354 e. The molecule has 1 fully saturated rings. The molecule has 0 bridgehead atoms. The fourth-order valence-corrected chi connectivity index (χ4v) is 5.45. The van der Waals surface area contributed by atoms with Crippen LogP contribution in [0.15, 0.2) is 36.5 Å². The number of fused-ring (bicyclic) bond motifs is 1. The van der Waals surface area contributed by atoms with E-state index in [-0.39, 0.29) is 5.91 Å². The van der Waals surface area contributed by atoms with Crippen molar-refractivity contribution in [3.05, 3.63) is 52.7 Å². The summed E-state index contributed by atoms with van der Waals surface area (Å²) in [4.78, 5) is 16.0. The highest BCUT2D eigenvalue weighted by molar-refractivity contribution is 7.21. The first-order valence-corrected chi connectivity index (χ1v) is 10.9. The number of hydrogen-bond donors (Lipinski definition) is 1. The molecule has 1 aliphatic heterocycles. The van der Waals surface area contributed by atoms with E-state index in [1.165, 1.54) is 47.0 Å². The van der Waals surface area contributed by atoms with Crippen LogP contribution in [0.1, 0.15) is 46.6 Å². The van der Waals surface area contributed by atoms with Gasteiger partial charge in [0.1, 0.15) is 0 Å². The number of aromatic nitrogens is 2. The second kappa shape index (κ2) is 8.45. The van der Waals surface area contributed by atoms with Crippen LogP contribution in [0.25, 0.3) is 10.1 Å². The molecular weight excluding hydrogens is 368 g/mol. The van der Waals surface area contributed by atoms with Gasteiger partial charge in [-0.05, 0) is 48.9 Å². The van der Waals surface area contributed by atoms with Crippen molar-refractivity contribution in [1.29, 1.82) is 0 Å². The number of aryl methyl sites for hydroxylation is 1. The van der Waals surface area contributed by atoms with E-state index in [0.29, 0.717) is 6.04 Å². The molecule has 28 heavy (non-hydrogen) atoms. The minimum atomic E-state index is 0.0306. The van der Waals surface area contributed by atoms with Gasteiger partial charge in [-0.2, -0.15) is 5.10 Å². The summed E-state index contributed by atoms with van der Waals surface area (Å²) in [6, 6.07) is 11.0. The molecular formula is C22H28N4OS. The van der Waals surface area contributed by atoms with Gasteiger partial charge in [0, 0.05) is 37.6 Å². The SMILES string of the molecule is CNC(=O)c1sc2ccccc2c1C[C@@H]1CCCCCN1Cc1ccnn1C. The molecule has 1 atom stereocenters. The van der Waals surface area contributed by atoms with Crippen LogP contribution in [0.3, 0.4) is 0 Å². The van der Waals surface area contributed by atoms with E-state index < -0.39 is 0 Å². The first-order valence-electron chi connectivity index (χ1n) is 10.1. The number of hydrogen-bond acceptors (Lipinski definition) is 4. The first-order chi connectivity index (χ1) is 13.7. The average molecular weight is 397 g/mol. The highest BCUT2D eigenvalue weighted by Gasteiger charge is 2.26. The summed E-state index contributed by atoms with van der Waals surface area (Å²) in [6.07, 6.45) is 7.74. The predicted octanol–water partition coefficient (Wildman–Crippen LogP) is 3.98. The summed E-state index contributed by atoms with van der Waals surface area (Å²) in [5.74, 6) is 0.0306. The third-order valence-corrected chi connectivity index (χ3v) is 7.07. The number of thiophene rings is 1. The molecule has 0 saturated carbocycles. The number of benzene rings is 1. The van der Waals surface area contributed by atoms with Gasteiger partial charge in [0.25, 0.3) is 5.91 Å². The molecule has 5 nitrogen and oxygen atoms in total. The molecule has 2 aromatic heterocycles. The van der Waals surface area contributed by atoms with E-state index in [4.69, 9.17) is 0 Å². The van der Waals surface area contributed by atoms with Crippen molar-refractivity contribution in [3.63, 3.8) is 0 Å². The fraction of sp³-hybridized carbons (Fsp3) is 0.455. The van der Waals surface area contributed by atoms with Crippen molar-refractivity contribution < 1.29 is 4.79 Å². The summed E-state index contributed by atoms with van der Waals surface area (Å²) in [5, 5.41) is 8.40. The Bertz CT molecular complexity index is 961. The smallest absolute Gasteiger partial charge is 0.261 e. The number of carbonyl (C=O) groups is 1. The van der Waals surface area contributed by atoms with E-state index in [9.17, 15) is 4.79 Å². The third-order valence-electron chi connectivity index (χ3n) is 5.86. The average Bonchev–Trinajstić information content (AvgIpc) is 3.20. The second-order valence-electron chi connectivity index (χ2n) is 7.61. The van der Waals surface area contributed by atoms with Gasteiger partial charge in [-0.3, -0.25) is 14.4 Å². The Labute approximate surface area is 170 Å². The molecule has 0 spiro atoms. The number of carbonyl (C=O) groups excluding carboxylic acids is 1. The Balaban J connectivity index is 1.67. The van der Waals surface area contributed by atoms with Crippen molar-refractivity contribution in [2.45, 2.75) is 44.7 Å². The predicted molar refractivity (Wildman–Crippen MR) is 115 cm³/mol.